The van der Waals surface area contributed by atoms with Crippen LogP contribution < -0.4 is 0 Å². The zero-order valence-electron chi connectivity index (χ0n) is 31.1. The van der Waals surface area contributed by atoms with Crippen molar-refractivity contribution in [3.63, 3.8) is 0 Å². The minimum absolute atomic E-state index is 0. The van der Waals surface area contributed by atoms with Gasteiger partial charge in [-0.05, 0) is 12.8 Å². The van der Waals surface area contributed by atoms with Crippen molar-refractivity contribution in [3.05, 3.63) is 12.8 Å². The third-order valence-electron chi connectivity index (χ3n) is 7.50. The Labute approximate surface area is 305 Å². The van der Waals surface area contributed by atoms with Crippen LogP contribution in [0, 0.1) is 12.8 Å². The standard InChI is InChI=1S/2C17H36S.2C3H7.Sn/c2*1-2-3-4-5-6-7-8-9-10-11-12-13-14-15-16-17-18;2*1-3-2;/h2*18H,2-17H2,1H3;2*3H,1-2H3;/q;;;;+2/p-2. The third-order valence-corrected chi connectivity index (χ3v) is 8.07. The molecule has 0 aliphatic carbocycles. The molecule has 0 nitrogen and oxygen atoms in total. The van der Waals surface area contributed by atoms with E-state index >= 15 is 0 Å². The van der Waals surface area contributed by atoms with Gasteiger partial charge in [0, 0.05) is 0 Å². The first-order valence-electron chi connectivity index (χ1n) is 19.3. The normalized spacial score (nSPS) is 10.0. The van der Waals surface area contributed by atoms with Crippen LogP contribution in [0.25, 0.3) is 0 Å². The molecule has 0 heterocycles. The molecule has 0 saturated heterocycles. The largest absolute Gasteiger partial charge is 2.00 e. The van der Waals surface area contributed by atoms with Crippen molar-refractivity contribution >= 4 is 49.2 Å². The molecule has 0 N–H and O–H groups in total. The van der Waals surface area contributed by atoms with Crippen LogP contribution in [0.2, 0.25) is 0 Å². The van der Waals surface area contributed by atoms with Crippen LogP contribution in [-0.2, 0) is 25.3 Å². The van der Waals surface area contributed by atoms with Crippen molar-refractivity contribution in [2.75, 3.05) is 11.5 Å². The number of rotatable bonds is 30. The van der Waals surface area contributed by atoms with Crippen molar-refractivity contribution in [2.45, 2.75) is 234 Å². The molecule has 0 rings (SSSR count). The molecule has 43 heavy (non-hydrogen) atoms. The SMILES string of the molecule is CCCCCCCCCCCCCCCCC[S-].CCCCCCCCCCCCCCCCC[S-].C[CH]C.C[CH]C.[Sn+2]. The molecule has 0 aromatic carbocycles. The zero-order valence-corrected chi connectivity index (χ0v) is 35.6. The van der Waals surface area contributed by atoms with Gasteiger partial charge < -0.3 is 25.3 Å². The first-order valence-corrected chi connectivity index (χ1v) is 20.5. The van der Waals surface area contributed by atoms with Crippen molar-refractivity contribution in [1.29, 1.82) is 0 Å². The molecule has 0 aromatic heterocycles. The van der Waals surface area contributed by atoms with E-state index in [1.165, 1.54) is 193 Å². The van der Waals surface area contributed by atoms with E-state index in [0.29, 0.717) is 0 Å². The van der Waals surface area contributed by atoms with E-state index in [1.807, 2.05) is 40.5 Å². The summed E-state index contributed by atoms with van der Waals surface area (Å²) >= 11 is 9.89. The molecular weight excluding hydrogens is 663 g/mol. The Hall–Kier alpha value is 1.50. The maximum atomic E-state index is 4.95. The summed E-state index contributed by atoms with van der Waals surface area (Å²) in [5.74, 6) is 1.91. The Morgan fingerprint density at radius 3 is 0.512 bits per heavy atom. The average Bonchev–Trinajstić information content (AvgIpc) is 2.99. The summed E-state index contributed by atoms with van der Waals surface area (Å²) in [4.78, 5) is 0. The Bertz CT molecular complexity index is 298. The monoisotopic (exact) mass is 749 g/mol. The van der Waals surface area contributed by atoms with Gasteiger partial charge in [0.05, 0.1) is 0 Å². The number of hydrogen-bond donors (Lipinski definition) is 0. The van der Waals surface area contributed by atoms with Gasteiger partial charge in [-0.25, -0.2) is 0 Å². The van der Waals surface area contributed by atoms with E-state index in [1.54, 1.807) is 0 Å². The number of hydrogen-bond acceptors (Lipinski definition) is 2. The molecule has 0 aliphatic rings. The van der Waals surface area contributed by atoms with Gasteiger partial charge in [-0.3, -0.25) is 0 Å². The van der Waals surface area contributed by atoms with Gasteiger partial charge >= 0.3 is 23.9 Å². The fraction of sp³-hybridized carbons (Fsp3) is 0.950. The first-order chi connectivity index (χ1) is 20.7. The topological polar surface area (TPSA) is 0 Å². The summed E-state index contributed by atoms with van der Waals surface area (Å²) in [5, 5.41) is 0. The Morgan fingerprint density at radius 1 is 0.279 bits per heavy atom. The molecule has 0 spiro atoms. The van der Waals surface area contributed by atoms with Crippen molar-refractivity contribution in [1.82, 2.24) is 0 Å². The van der Waals surface area contributed by atoms with Gasteiger partial charge in [0.1, 0.15) is 0 Å². The Morgan fingerprint density at radius 2 is 0.395 bits per heavy atom. The Kier molecular flexibility index (Phi) is 78.2. The van der Waals surface area contributed by atoms with Crippen LogP contribution in [0.5, 0.6) is 0 Å². The minimum atomic E-state index is 0. The quantitative estimate of drug-likeness (QED) is 0.0408. The molecule has 4 radical (unpaired) electrons. The Balaban J connectivity index is -0.000000185. The number of unbranched alkanes of at least 4 members (excludes halogenated alkanes) is 28. The predicted molar refractivity (Wildman–Crippen MR) is 211 cm³/mol. The molecule has 0 atom stereocenters. The molecular formula is C40H84S2Sn. The van der Waals surface area contributed by atoms with Crippen LogP contribution in [0.3, 0.4) is 0 Å². The van der Waals surface area contributed by atoms with Gasteiger partial charge in [0.15, 0.2) is 0 Å². The molecule has 0 aromatic rings. The molecule has 0 amide bonds. The van der Waals surface area contributed by atoms with Crippen LogP contribution in [-0.4, -0.2) is 35.4 Å². The van der Waals surface area contributed by atoms with Crippen molar-refractivity contribution < 1.29 is 0 Å². The summed E-state index contributed by atoms with van der Waals surface area (Å²) in [6, 6.07) is 0. The second-order valence-electron chi connectivity index (χ2n) is 12.5. The average molecular weight is 748 g/mol. The summed E-state index contributed by atoms with van der Waals surface area (Å²) in [7, 11) is 0. The molecule has 260 valence electrons. The second kappa shape index (κ2) is 62.3. The van der Waals surface area contributed by atoms with Crippen LogP contribution in [0.1, 0.15) is 234 Å². The smallest absolute Gasteiger partial charge is 0.793 e. The third kappa shape index (κ3) is 75.5. The fourth-order valence-electron chi connectivity index (χ4n) is 4.95. The molecule has 0 unspecified atom stereocenters. The molecule has 0 fully saturated rings. The van der Waals surface area contributed by atoms with Gasteiger partial charge in [-0.1, -0.05) is 234 Å². The predicted octanol–water partition coefficient (Wildman–Crippen LogP) is 14.9. The molecule has 0 saturated carbocycles. The summed E-state index contributed by atoms with van der Waals surface area (Å²) in [5.41, 5.74) is 0. The van der Waals surface area contributed by atoms with Crippen molar-refractivity contribution in [2.24, 2.45) is 0 Å². The van der Waals surface area contributed by atoms with E-state index in [2.05, 4.69) is 13.8 Å². The van der Waals surface area contributed by atoms with Gasteiger partial charge in [-0.15, -0.1) is 0 Å². The summed E-state index contributed by atoms with van der Waals surface area (Å²) in [6.07, 6.45) is 47.0. The molecule has 0 aliphatic heterocycles. The van der Waals surface area contributed by atoms with E-state index in [0.717, 1.165) is 11.5 Å². The summed E-state index contributed by atoms with van der Waals surface area (Å²) in [6.45, 7) is 12.6. The van der Waals surface area contributed by atoms with Crippen LogP contribution in [0.4, 0.5) is 0 Å². The molecule has 0 bridgehead atoms. The van der Waals surface area contributed by atoms with Gasteiger partial charge in [0.2, 0.25) is 0 Å². The van der Waals surface area contributed by atoms with E-state index < -0.39 is 0 Å². The molecule has 3 heteroatoms. The van der Waals surface area contributed by atoms with E-state index in [4.69, 9.17) is 25.3 Å². The summed E-state index contributed by atoms with van der Waals surface area (Å²) < 4.78 is 0. The fourth-order valence-corrected chi connectivity index (χ4v) is 5.36. The maximum Gasteiger partial charge on any atom is 2.00 e. The van der Waals surface area contributed by atoms with Gasteiger partial charge in [-0.2, -0.15) is 11.5 Å². The zero-order chi connectivity index (χ0) is 32.0. The van der Waals surface area contributed by atoms with E-state index in [9.17, 15) is 0 Å². The van der Waals surface area contributed by atoms with E-state index in [-0.39, 0.29) is 23.9 Å². The second-order valence-corrected chi connectivity index (χ2v) is 13.3. The van der Waals surface area contributed by atoms with Crippen molar-refractivity contribution in [3.8, 4) is 0 Å². The maximum absolute atomic E-state index is 4.95. The van der Waals surface area contributed by atoms with Gasteiger partial charge in [0.25, 0.3) is 0 Å². The minimum Gasteiger partial charge on any atom is -0.793 e. The van der Waals surface area contributed by atoms with Crippen LogP contribution >= 0.6 is 0 Å². The first kappa shape index (κ1) is 54.0. The van der Waals surface area contributed by atoms with Crippen LogP contribution in [0.15, 0.2) is 0 Å².